The number of aryl methyl sites for hydroxylation is 1. The van der Waals surface area contributed by atoms with Crippen molar-refractivity contribution in [3.63, 3.8) is 0 Å². The van der Waals surface area contributed by atoms with Gasteiger partial charge in [0.25, 0.3) is 0 Å². The molecule has 1 N–H and O–H groups in total. The Kier molecular flexibility index (Phi) is 3.94. The maximum Gasteiger partial charge on any atom is 0.312 e. The van der Waals surface area contributed by atoms with Crippen LogP contribution in [-0.2, 0) is 17.6 Å². The van der Waals surface area contributed by atoms with Crippen molar-refractivity contribution in [1.82, 2.24) is 9.97 Å². The molecule has 0 spiro atoms. The molecule has 1 aromatic rings. The van der Waals surface area contributed by atoms with Gasteiger partial charge in [0.2, 0.25) is 0 Å². The molecule has 1 atom stereocenters. The summed E-state index contributed by atoms with van der Waals surface area (Å²) in [6.45, 7) is 4.09. The summed E-state index contributed by atoms with van der Waals surface area (Å²) in [7, 11) is 0. The van der Waals surface area contributed by atoms with Gasteiger partial charge in [-0.1, -0.05) is 13.8 Å². The quantitative estimate of drug-likeness (QED) is 0.889. The Balaban J connectivity index is 2.38. The number of hydrogen-bond donors (Lipinski definition) is 1. The lowest BCUT2D eigenvalue weighted by atomic mass is 9.86. The first-order chi connectivity index (χ1) is 8.59. The molecule has 1 heterocycles. The molecule has 0 radical (unpaired) electrons. The highest BCUT2D eigenvalue weighted by Gasteiger charge is 2.27. The predicted molar refractivity (Wildman–Crippen MR) is 68.5 cm³/mol. The van der Waals surface area contributed by atoms with Gasteiger partial charge in [0.05, 0.1) is 11.6 Å². The number of hydrogen-bond acceptors (Lipinski definition) is 3. The van der Waals surface area contributed by atoms with Gasteiger partial charge in [-0.15, -0.1) is 0 Å². The Labute approximate surface area is 107 Å². The molecule has 4 heteroatoms. The first kappa shape index (κ1) is 13.0. The van der Waals surface area contributed by atoms with Crippen LogP contribution in [0.5, 0.6) is 0 Å². The SMILES string of the molecule is CC(C)CC(C(=O)O)c1ncnc2c1CCCC2. The second kappa shape index (κ2) is 5.46. The zero-order valence-electron chi connectivity index (χ0n) is 11.0. The van der Waals surface area contributed by atoms with E-state index in [9.17, 15) is 9.90 Å². The van der Waals surface area contributed by atoms with Crippen molar-refractivity contribution in [3.05, 3.63) is 23.3 Å². The molecule has 1 aliphatic carbocycles. The molecule has 98 valence electrons. The first-order valence-corrected chi connectivity index (χ1v) is 6.65. The van der Waals surface area contributed by atoms with Gasteiger partial charge in [-0.3, -0.25) is 4.79 Å². The third-order valence-corrected chi connectivity index (χ3v) is 3.49. The number of carboxylic acids is 1. The van der Waals surface area contributed by atoms with Crippen LogP contribution in [0.3, 0.4) is 0 Å². The minimum atomic E-state index is -0.768. The molecule has 0 fully saturated rings. The molecule has 0 bridgehead atoms. The Hall–Kier alpha value is -1.45. The number of carboxylic acid groups (broad SMARTS) is 1. The maximum atomic E-state index is 11.5. The van der Waals surface area contributed by atoms with E-state index in [4.69, 9.17) is 0 Å². The van der Waals surface area contributed by atoms with Crippen LogP contribution in [0.4, 0.5) is 0 Å². The van der Waals surface area contributed by atoms with E-state index in [-0.39, 0.29) is 0 Å². The van der Waals surface area contributed by atoms with E-state index in [0.29, 0.717) is 12.3 Å². The van der Waals surface area contributed by atoms with Crippen LogP contribution in [0.15, 0.2) is 6.33 Å². The van der Waals surface area contributed by atoms with Crippen molar-refractivity contribution in [1.29, 1.82) is 0 Å². The lowest BCUT2D eigenvalue weighted by molar-refractivity contribution is -0.139. The van der Waals surface area contributed by atoms with Crippen LogP contribution < -0.4 is 0 Å². The Morgan fingerprint density at radius 3 is 2.72 bits per heavy atom. The number of fused-ring (bicyclic) bond motifs is 1. The fourth-order valence-electron chi connectivity index (χ4n) is 2.65. The zero-order chi connectivity index (χ0) is 13.1. The molecule has 0 aliphatic heterocycles. The van der Waals surface area contributed by atoms with E-state index >= 15 is 0 Å². The van der Waals surface area contributed by atoms with E-state index in [0.717, 1.165) is 42.6 Å². The lowest BCUT2D eigenvalue weighted by Gasteiger charge is -2.21. The maximum absolute atomic E-state index is 11.5. The van der Waals surface area contributed by atoms with Crippen molar-refractivity contribution in [2.45, 2.75) is 51.9 Å². The summed E-state index contributed by atoms with van der Waals surface area (Å²) in [5, 5.41) is 9.42. The first-order valence-electron chi connectivity index (χ1n) is 6.65. The fourth-order valence-corrected chi connectivity index (χ4v) is 2.65. The minimum Gasteiger partial charge on any atom is -0.481 e. The molecule has 1 unspecified atom stereocenters. The Morgan fingerprint density at radius 1 is 1.33 bits per heavy atom. The number of carbonyl (C=O) groups is 1. The van der Waals surface area contributed by atoms with E-state index in [2.05, 4.69) is 9.97 Å². The summed E-state index contributed by atoms with van der Waals surface area (Å²) >= 11 is 0. The molecule has 1 aliphatic rings. The van der Waals surface area contributed by atoms with Gasteiger partial charge in [0.15, 0.2) is 0 Å². The lowest BCUT2D eigenvalue weighted by Crippen LogP contribution is -2.20. The highest BCUT2D eigenvalue weighted by atomic mass is 16.4. The van der Waals surface area contributed by atoms with Gasteiger partial charge >= 0.3 is 5.97 Å². The van der Waals surface area contributed by atoms with Gasteiger partial charge in [0.1, 0.15) is 6.33 Å². The third-order valence-electron chi connectivity index (χ3n) is 3.49. The molecule has 2 rings (SSSR count). The molecular formula is C14H20N2O2. The predicted octanol–water partition coefficient (Wildman–Crippen LogP) is 2.57. The summed E-state index contributed by atoms with van der Waals surface area (Å²) in [4.78, 5) is 20.0. The molecule has 0 saturated heterocycles. The second-order valence-corrected chi connectivity index (χ2v) is 5.41. The van der Waals surface area contributed by atoms with E-state index in [1.165, 1.54) is 6.33 Å². The third kappa shape index (κ3) is 2.68. The summed E-state index contributed by atoms with van der Waals surface area (Å²) in [6, 6.07) is 0. The highest BCUT2D eigenvalue weighted by molar-refractivity contribution is 5.76. The second-order valence-electron chi connectivity index (χ2n) is 5.41. The van der Waals surface area contributed by atoms with Crippen LogP contribution in [0.25, 0.3) is 0 Å². The van der Waals surface area contributed by atoms with E-state index in [1.807, 2.05) is 13.8 Å². The van der Waals surface area contributed by atoms with Gasteiger partial charge in [-0.25, -0.2) is 9.97 Å². The van der Waals surface area contributed by atoms with Crippen LogP contribution in [-0.4, -0.2) is 21.0 Å². The monoisotopic (exact) mass is 248 g/mol. The zero-order valence-corrected chi connectivity index (χ0v) is 11.0. The van der Waals surface area contributed by atoms with Crippen molar-refractivity contribution in [2.24, 2.45) is 5.92 Å². The average molecular weight is 248 g/mol. The van der Waals surface area contributed by atoms with Crippen molar-refractivity contribution < 1.29 is 9.90 Å². The normalized spacial score (nSPS) is 16.4. The summed E-state index contributed by atoms with van der Waals surface area (Å²) in [5.74, 6) is -0.907. The standard InChI is InChI=1S/C14H20N2O2/c1-9(2)7-11(14(17)18)13-10-5-3-4-6-12(10)15-8-16-13/h8-9,11H,3-7H2,1-2H3,(H,17,18). The van der Waals surface area contributed by atoms with Crippen LogP contribution in [0.2, 0.25) is 0 Å². The van der Waals surface area contributed by atoms with E-state index in [1.54, 1.807) is 0 Å². The number of nitrogens with zero attached hydrogens (tertiary/aromatic N) is 2. The van der Waals surface area contributed by atoms with Crippen molar-refractivity contribution in [3.8, 4) is 0 Å². The Bertz CT molecular complexity index is 443. The van der Waals surface area contributed by atoms with Gasteiger partial charge in [-0.2, -0.15) is 0 Å². The van der Waals surface area contributed by atoms with Crippen LogP contribution in [0, 0.1) is 5.92 Å². The smallest absolute Gasteiger partial charge is 0.312 e. The summed E-state index contributed by atoms with van der Waals surface area (Å²) < 4.78 is 0. The van der Waals surface area contributed by atoms with E-state index < -0.39 is 11.9 Å². The Morgan fingerprint density at radius 2 is 2.06 bits per heavy atom. The molecule has 0 amide bonds. The molecule has 4 nitrogen and oxygen atoms in total. The van der Waals surface area contributed by atoms with Gasteiger partial charge < -0.3 is 5.11 Å². The van der Waals surface area contributed by atoms with Gasteiger partial charge in [0, 0.05) is 5.69 Å². The number of rotatable bonds is 4. The average Bonchev–Trinajstić information content (AvgIpc) is 2.35. The largest absolute Gasteiger partial charge is 0.481 e. The van der Waals surface area contributed by atoms with Gasteiger partial charge in [-0.05, 0) is 43.6 Å². The molecule has 0 saturated carbocycles. The number of aliphatic carboxylic acids is 1. The molecule has 1 aromatic heterocycles. The summed E-state index contributed by atoms with van der Waals surface area (Å²) in [5.41, 5.74) is 2.90. The molecule has 0 aromatic carbocycles. The number of aromatic nitrogens is 2. The van der Waals surface area contributed by atoms with Crippen LogP contribution in [0.1, 0.15) is 56.0 Å². The molecule has 18 heavy (non-hydrogen) atoms. The minimum absolute atomic E-state index is 0.348. The van der Waals surface area contributed by atoms with Crippen molar-refractivity contribution >= 4 is 5.97 Å². The summed E-state index contributed by atoms with van der Waals surface area (Å²) in [6.07, 6.45) is 6.30. The van der Waals surface area contributed by atoms with Crippen molar-refractivity contribution in [2.75, 3.05) is 0 Å². The topological polar surface area (TPSA) is 63.1 Å². The van der Waals surface area contributed by atoms with Crippen LogP contribution >= 0.6 is 0 Å². The highest BCUT2D eigenvalue weighted by Crippen LogP contribution is 2.30. The molecular weight excluding hydrogens is 228 g/mol. The fraction of sp³-hybridized carbons (Fsp3) is 0.643.